The van der Waals surface area contributed by atoms with Gasteiger partial charge in [0.25, 0.3) is 0 Å². The van der Waals surface area contributed by atoms with E-state index in [-0.39, 0.29) is 0 Å². The van der Waals surface area contributed by atoms with Crippen LogP contribution in [0.5, 0.6) is 5.75 Å². The predicted molar refractivity (Wildman–Crippen MR) is 57.8 cm³/mol. The molecule has 0 radical (unpaired) electrons. The first-order valence-corrected chi connectivity index (χ1v) is 4.82. The van der Waals surface area contributed by atoms with E-state index in [1.54, 1.807) is 7.11 Å². The molecule has 0 bridgehead atoms. The van der Waals surface area contributed by atoms with Gasteiger partial charge in [0.15, 0.2) is 0 Å². The Hall–Kier alpha value is -1.73. The fourth-order valence-electron chi connectivity index (χ4n) is 1.52. The van der Waals surface area contributed by atoms with Crippen LogP contribution in [0.1, 0.15) is 0 Å². The third kappa shape index (κ3) is 1.88. The number of hydrogen-bond donors (Lipinski definition) is 2. The van der Waals surface area contributed by atoms with Crippen molar-refractivity contribution in [3.05, 3.63) is 24.3 Å². The van der Waals surface area contributed by atoms with Crippen LogP contribution in [-0.2, 0) is 0 Å². The zero-order valence-electron chi connectivity index (χ0n) is 8.58. The van der Waals surface area contributed by atoms with Gasteiger partial charge in [0.1, 0.15) is 11.3 Å². The van der Waals surface area contributed by atoms with Crippen LogP contribution >= 0.6 is 0 Å². The van der Waals surface area contributed by atoms with E-state index in [2.05, 4.69) is 16.7 Å². The maximum atomic E-state index is 9.02. The molecule has 78 valence electrons. The summed E-state index contributed by atoms with van der Waals surface area (Å²) in [6.45, 7) is 1.38. The molecule has 1 saturated heterocycles. The highest BCUT2D eigenvalue weighted by atomic mass is 16.5. The highest BCUT2D eigenvalue weighted by Gasteiger charge is 2.36. The summed E-state index contributed by atoms with van der Waals surface area (Å²) in [5.41, 5.74) is 0.507. The highest BCUT2D eigenvalue weighted by molar-refractivity contribution is 5.51. The molecule has 0 spiro atoms. The molecule has 0 unspecified atom stereocenters. The molecule has 0 saturated carbocycles. The molecule has 4 heteroatoms. The van der Waals surface area contributed by atoms with Gasteiger partial charge >= 0.3 is 0 Å². The second kappa shape index (κ2) is 3.79. The van der Waals surface area contributed by atoms with Crippen LogP contribution in [0.4, 0.5) is 5.69 Å². The number of nitriles is 1. The topological polar surface area (TPSA) is 57.1 Å². The molecule has 0 aliphatic carbocycles. The zero-order chi connectivity index (χ0) is 10.7. The van der Waals surface area contributed by atoms with Crippen LogP contribution < -0.4 is 15.4 Å². The van der Waals surface area contributed by atoms with Gasteiger partial charge in [-0.25, -0.2) is 0 Å². The van der Waals surface area contributed by atoms with Crippen LogP contribution in [0, 0.1) is 11.3 Å². The first-order chi connectivity index (χ1) is 7.28. The zero-order valence-corrected chi connectivity index (χ0v) is 8.58. The van der Waals surface area contributed by atoms with E-state index < -0.39 is 5.54 Å². The summed E-state index contributed by atoms with van der Waals surface area (Å²) in [5.74, 6) is 0.818. The summed E-state index contributed by atoms with van der Waals surface area (Å²) >= 11 is 0. The van der Waals surface area contributed by atoms with E-state index in [1.807, 2.05) is 24.3 Å². The number of ether oxygens (including phenoxy) is 1. The molecule has 1 fully saturated rings. The normalized spacial score (nSPS) is 17.3. The molecule has 0 aromatic heterocycles. The van der Waals surface area contributed by atoms with Crippen molar-refractivity contribution in [1.29, 1.82) is 5.26 Å². The van der Waals surface area contributed by atoms with E-state index in [4.69, 9.17) is 10.00 Å². The Morgan fingerprint density at radius 2 is 2.07 bits per heavy atom. The molecule has 1 heterocycles. The number of nitrogens with zero attached hydrogens (tertiary/aromatic N) is 1. The van der Waals surface area contributed by atoms with Crippen molar-refractivity contribution >= 4 is 5.69 Å². The number of nitrogens with one attached hydrogen (secondary N) is 2. The van der Waals surface area contributed by atoms with Gasteiger partial charge in [0, 0.05) is 18.8 Å². The average Bonchev–Trinajstić information content (AvgIpc) is 2.24. The Kier molecular flexibility index (Phi) is 2.48. The average molecular weight is 203 g/mol. The van der Waals surface area contributed by atoms with E-state index in [0.717, 1.165) is 11.4 Å². The lowest BCUT2D eigenvalue weighted by Crippen LogP contribution is -2.63. The van der Waals surface area contributed by atoms with E-state index >= 15 is 0 Å². The van der Waals surface area contributed by atoms with Gasteiger partial charge in [-0.1, -0.05) is 0 Å². The molecule has 1 aliphatic rings. The van der Waals surface area contributed by atoms with Gasteiger partial charge in [-0.3, -0.25) is 0 Å². The summed E-state index contributed by atoms with van der Waals surface area (Å²) in [7, 11) is 1.63. The van der Waals surface area contributed by atoms with Gasteiger partial charge in [-0.05, 0) is 24.3 Å². The number of benzene rings is 1. The van der Waals surface area contributed by atoms with Crippen molar-refractivity contribution in [1.82, 2.24) is 5.32 Å². The molecule has 0 atom stereocenters. The molecule has 1 aromatic rings. The lowest BCUT2D eigenvalue weighted by Gasteiger charge is -2.37. The SMILES string of the molecule is COc1ccc(NC2(C#N)CNC2)cc1. The van der Waals surface area contributed by atoms with Crippen molar-refractivity contribution in [2.75, 3.05) is 25.5 Å². The minimum absolute atomic E-state index is 0.436. The molecule has 15 heavy (non-hydrogen) atoms. The number of rotatable bonds is 3. The minimum Gasteiger partial charge on any atom is -0.497 e. The third-order valence-electron chi connectivity index (χ3n) is 2.54. The highest BCUT2D eigenvalue weighted by Crippen LogP contribution is 2.21. The second-order valence-corrected chi connectivity index (χ2v) is 3.65. The lowest BCUT2D eigenvalue weighted by molar-refractivity contribution is 0.387. The Balaban J connectivity index is 2.08. The standard InChI is InChI=1S/C11H13N3O/c1-15-10-4-2-9(3-5-10)14-11(6-12)7-13-8-11/h2-5,13-14H,7-8H2,1H3. The largest absolute Gasteiger partial charge is 0.497 e. The Labute approximate surface area is 88.9 Å². The van der Waals surface area contributed by atoms with Crippen LogP contribution in [0.15, 0.2) is 24.3 Å². The van der Waals surface area contributed by atoms with Crippen molar-refractivity contribution < 1.29 is 4.74 Å². The van der Waals surface area contributed by atoms with Gasteiger partial charge in [0.05, 0.1) is 13.2 Å². The van der Waals surface area contributed by atoms with Gasteiger partial charge in [-0.15, -0.1) is 0 Å². The lowest BCUT2D eigenvalue weighted by atomic mass is 9.94. The summed E-state index contributed by atoms with van der Waals surface area (Å²) in [4.78, 5) is 0. The van der Waals surface area contributed by atoms with Crippen molar-refractivity contribution in [2.45, 2.75) is 5.54 Å². The first-order valence-electron chi connectivity index (χ1n) is 4.82. The fourth-order valence-corrected chi connectivity index (χ4v) is 1.52. The fraction of sp³-hybridized carbons (Fsp3) is 0.364. The maximum absolute atomic E-state index is 9.02. The van der Waals surface area contributed by atoms with Gasteiger partial charge in [-0.2, -0.15) is 5.26 Å². The third-order valence-corrected chi connectivity index (χ3v) is 2.54. The quantitative estimate of drug-likeness (QED) is 0.768. The van der Waals surface area contributed by atoms with Crippen LogP contribution in [0.25, 0.3) is 0 Å². The maximum Gasteiger partial charge on any atom is 0.150 e. The Bertz CT molecular complexity index is 376. The first kappa shape index (κ1) is 9.81. The smallest absolute Gasteiger partial charge is 0.150 e. The summed E-state index contributed by atoms with van der Waals surface area (Å²) < 4.78 is 5.06. The molecule has 0 amide bonds. The van der Waals surface area contributed by atoms with Crippen molar-refractivity contribution in [3.63, 3.8) is 0 Å². The number of methoxy groups -OCH3 is 1. The van der Waals surface area contributed by atoms with Crippen LogP contribution in [-0.4, -0.2) is 25.7 Å². The van der Waals surface area contributed by atoms with Crippen molar-refractivity contribution in [2.24, 2.45) is 0 Å². The van der Waals surface area contributed by atoms with E-state index in [1.165, 1.54) is 0 Å². The number of anilines is 1. The summed E-state index contributed by atoms with van der Waals surface area (Å²) in [6.07, 6.45) is 0. The molecule has 4 nitrogen and oxygen atoms in total. The minimum atomic E-state index is -0.436. The Morgan fingerprint density at radius 3 is 2.47 bits per heavy atom. The predicted octanol–water partition coefficient (Wildman–Crippen LogP) is 0.973. The summed E-state index contributed by atoms with van der Waals surface area (Å²) in [5, 5.41) is 15.3. The molecule has 1 aromatic carbocycles. The van der Waals surface area contributed by atoms with Crippen LogP contribution in [0.3, 0.4) is 0 Å². The van der Waals surface area contributed by atoms with E-state index in [9.17, 15) is 0 Å². The van der Waals surface area contributed by atoms with Gasteiger partial charge in [0.2, 0.25) is 0 Å². The van der Waals surface area contributed by atoms with E-state index in [0.29, 0.717) is 13.1 Å². The number of hydrogen-bond acceptors (Lipinski definition) is 4. The molecule has 1 aliphatic heterocycles. The van der Waals surface area contributed by atoms with Gasteiger partial charge < -0.3 is 15.4 Å². The summed E-state index contributed by atoms with van der Waals surface area (Å²) in [6, 6.07) is 9.86. The monoisotopic (exact) mass is 203 g/mol. The second-order valence-electron chi connectivity index (χ2n) is 3.65. The molecule has 2 rings (SSSR count). The molecule has 2 N–H and O–H groups in total. The molecular formula is C11H13N3O. The van der Waals surface area contributed by atoms with Crippen LogP contribution in [0.2, 0.25) is 0 Å². The van der Waals surface area contributed by atoms with Crippen molar-refractivity contribution in [3.8, 4) is 11.8 Å². The molecular weight excluding hydrogens is 190 g/mol. The Morgan fingerprint density at radius 1 is 1.40 bits per heavy atom.